The molecule has 0 aliphatic carbocycles. The quantitative estimate of drug-likeness (QED) is 0.523. The number of amides is 1. The minimum Gasteiger partial charge on any atom is -0.480 e. The number of nitrogens with zero attached hydrogens (tertiary/aromatic N) is 2. The van der Waals surface area contributed by atoms with Crippen molar-refractivity contribution in [3.63, 3.8) is 0 Å². The topological polar surface area (TPSA) is 115 Å². The van der Waals surface area contributed by atoms with Crippen LogP contribution in [0.1, 0.15) is 66.2 Å². The number of carbonyl (C=O) groups is 2. The summed E-state index contributed by atoms with van der Waals surface area (Å²) in [5, 5.41) is 20.3. The average molecular weight is 432 g/mol. The number of carboxylic acids is 1. The van der Waals surface area contributed by atoms with Gasteiger partial charge in [0.15, 0.2) is 0 Å². The second-order valence-corrected chi connectivity index (χ2v) is 8.67. The lowest BCUT2D eigenvalue weighted by Crippen LogP contribution is -2.53. The smallest absolute Gasteiger partial charge is 0.408 e. The molecule has 0 bridgehead atoms. The molecule has 2 rings (SSSR count). The summed E-state index contributed by atoms with van der Waals surface area (Å²) in [4.78, 5) is 24.4. The number of rotatable bonds is 11. The van der Waals surface area contributed by atoms with Gasteiger partial charge in [-0.25, -0.2) is 9.59 Å². The molecule has 0 saturated heterocycles. The molecule has 2 aromatic rings. The van der Waals surface area contributed by atoms with Gasteiger partial charge in [-0.1, -0.05) is 58.7 Å². The normalized spacial score (nSPS) is 14.5. The van der Waals surface area contributed by atoms with Crippen molar-refractivity contribution in [1.82, 2.24) is 15.5 Å². The van der Waals surface area contributed by atoms with Crippen LogP contribution in [0.4, 0.5) is 4.79 Å². The van der Waals surface area contributed by atoms with Crippen LogP contribution in [0.15, 0.2) is 34.7 Å². The Morgan fingerprint density at radius 3 is 2.42 bits per heavy atom. The molecule has 0 unspecified atom stereocenters. The molecule has 1 heterocycles. The Morgan fingerprint density at radius 1 is 1.16 bits per heavy atom. The molecule has 0 fully saturated rings. The van der Waals surface area contributed by atoms with Crippen LogP contribution < -0.4 is 5.32 Å². The molecule has 1 aromatic carbocycles. The summed E-state index contributed by atoms with van der Waals surface area (Å²) < 4.78 is 11.5. The van der Waals surface area contributed by atoms with E-state index in [-0.39, 0.29) is 11.8 Å². The highest BCUT2D eigenvalue weighted by atomic mass is 16.6. The summed E-state index contributed by atoms with van der Waals surface area (Å²) in [6, 6.07) is 9.41. The maximum Gasteiger partial charge on any atom is 0.408 e. The number of nitrogens with one attached hydrogen (secondary N) is 1. The lowest BCUT2D eigenvalue weighted by Gasteiger charge is -2.33. The molecule has 0 saturated carbocycles. The van der Waals surface area contributed by atoms with Gasteiger partial charge in [-0.15, -0.1) is 10.2 Å². The number of ether oxygens (including phenoxy) is 1. The Hall–Kier alpha value is -2.90. The van der Waals surface area contributed by atoms with Gasteiger partial charge in [-0.2, -0.15) is 0 Å². The number of alkyl carbamates (subject to hydrolysis) is 1. The van der Waals surface area contributed by atoms with E-state index in [1.54, 1.807) is 0 Å². The molecule has 0 spiro atoms. The van der Waals surface area contributed by atoms with Crippen molar-refractivity contribution in [2.45, 2.75) is 78.4 Å². The molecule has 1 amide bonds. The van der Waals surface area contributed by atoms with E-state index in [2.05, 4.69) is 15.5 Å². The molecule has 0 aliphatic rings. The number of hydrogen-bond donors (Lipinski definition) is 2. The van der Waals surface area contributed by atoms with Crippen molar-refractivity contribution in [1.29, 1.82) is 0 Å². The number of unbranched alkanes of at least 4 members (excludes halogenated alkanes) is 1. The molecule has 2 atom stereocenters. The average Bonchev–Trinajstić information content (AvgIpc) is 3.21. The second kappa shape index (κ2) is 10.4. The molecule has 0 radical (unpaired) electrons. The predicted octanol–water partition coefficient (Wildman–Crippen LogP) is 4.84. The fraction of sp³-hybridized carbons (Fsp3) is 0.565. The number of aromatic nitrogens is 2. The number of benzene rings is 1. The van der Waals surface area contributed by atoms with Crippen LogP contribution in [-0.2, 0) is 16.0 Å². The highest BCUT2D eigenvalue weighted by Crippen LogP contribution is 2.31. The molecule has 0 aliphatic heterocycles. The Kier molecular flexibility index (Phi) is 8.19. The van der Waals surface area contributed by atoms with Crippen LogP contribution in [0.3, 0.4) is 0 Å². The van der Waals surface area contributed by atoms with Crippen LogP contribution in [0.25, 0.3) is 11.5 Å². The standard InChI is InChI=1S/C23H33N3O5/c1-6-8-14-23(5,20(27)28)24-21(29)30-17(22(3,4)7-2)15-18-25-26-19(31-18)16-12-10-9-11-13-16/h9-13,17H,6-8,14-15H2,1-5H3,(H,24,29)(H,27,28)/t17-,23+/m1/s1. The lowest BCUT2D eigenvalue weighted by molar-refractivity contribution is -0.144. The minimum atomic E-state index is -1.39. The van der Waals surface area contributed by atoms with E-state index >= 15 is 0 Å². The Balaban J connectivity index is 2.15. The minimum absolute atomic E-state index is 0.229. The van der Waals surface area contributed by atoms with Crippen LogP contribution in [0.2, 0.25) is 0 Å². The summed E-state index contributed by atoms with van der Waals surface area (Å²) >= 11 is 0. The Bertz CT molecular complexity index is 865. The zero-order chi connectivity index (χ0) is 23.1. The number of aliphatic carboxylic acids is 1. The molecular formula is C23H33N3O5. The summed E-state index contributed by atoms with van der Waals surface area (Å²) in [5.74, 6) is -0.343. The fourth-order valence-electron chi connectivity index (χ4n) is 3.03. The van der Waals surface area contributed by atoms with E-state index in [0.717, 1.165) is 18.4 Å². The SMILES string of the molecule is CCCC[C@](C)(NC(=O)O[C@H](Cc1nnc(-c2ccccc2)o1)C(C)(C)CC)C(=O)O. The number of carboxylic acid groups (broad SMARTS) is 1. The first-order valence-corrected chi connectivity index (χ1v) is 10.7. The van der Waals surface area contributed by atoms with E-state index in [0.29, 0.717) is 24.6 Å². The van der Waals surface area contributed by atoms with Gasteiger partial charge < -0.3 is 19.6 Å². The van der Waals surface area contributed by atoms with E-state index in [1.165, 1.54) is 6.92 Å². The van der Waals surface area contributed by atoms with Gasteiger partial charge >= 0.3 is 12.1 Å². The van der Waals surface area contributed by atoms with Crippen LogP contribution in [-0.4, -0.2) is 39.0 Å². The fourth-order valence-corrected chi connectivity index (χ4v) is 3.03. The van der Waals surface area contributed by atoms with Crippen molar-refractivity contribution >= 4 is 12.1 Å². The molecule has 1 aromatic heterocycles. The third kappa shape index (κ3) is 6.54. The third-order valence-electron chi connectivity index (χ3n) is 5.76. The largest absolute Gasteiger partial charge is 0.480 e. The van der Waals surface area contributed by atoms with Crippen LogP contribution >= 0.6 is 0 Å². The van der Waals surface area contributed by atoms with Crippen molar-refractivity contribution in [3.8, 4) is 11.5 Å². The van der Waals surface area contributed by atoms with Gasteiger partial charge in [0.05, 0.1) is 6.42 Å². The van der Waals surface area contributed by atoms with Gasteiger partial charge in [0.2, 0.25) is 11.8 Å². The number of carbonyl (C=O) groups excluding carboxylic acids is 1. The molecule has 170 valence electrons. The maximum atomic E-state index is 12.7. The first-order chi connectivity index (χ1) is 14.6. The Labute approximate surface area is 183 Å². The van der Waals surface area contributed by atoms with Crippen LogP contribution in [0.5, 0.6) is 0 Å². The zero-order valence-electron chi connectivity index (χ0n) is 19.0. The van der Waals surface area contributed by atoms with E-state index < -0.39 is 23.7 Å². The summed E-state index contributed by atoms with van der Waals surface area (Å²) in [6.45, 7) is 9.42. The summed E-state index contributed by atoms with van der Waals surface area (Å²) in [5.41, 5.74) is -0.972. The van der Waals surface area contributed by atoms with E-state index in [1.807, 2.05) is 58.0 Å². The van der Waals surface area contributed by atoms with Crippen molar-refractivity contribution in [2.75, 3.05) is 0 Å². The van der Waals surface area contributed by atoms with Crippen molar-refractivity contribution < 1.29 is 23.8 Å². The maximum absolute atomic E-state index is 12.7. The van der Waals surface area contributed by atoms with E-state index in [4.69, 9.17) is 9.15 Å². The molecule has 8 nitrogen and oxygen atoms in total. The van der Waals surface area contributed by atoms with Gasteiger partial charge in [0, 0.05) is 11.0 Å². The molecule has 31 heavy (non-hydrogen) atoms. The van der Waals surface area contributed by atoms with Gasteiger partial charge in [0.25, 0.3) is 0 Å². The van der Waals surface area contributed by atoms with Gasteiger partial charge in [-0.05, 0) is 31.9 Å². The van der Waals surface area contributed by atoms with Crippen LogP contribution in [0, 0.1) is 5.41 Å². The molecule has 8 heteroatoms. The summed E-state index contributed by atoms with van der Waals surface area (Å²) in [7, 11) is 0. The van der Waals surface area contributed by atoms with Crippen molar-refractivity contribution in [3.05, 3.63) is 36.2 Å². The molecule has 2 N–H and O–H groups in total. The third-order valence-corrected chi connectivity index (χ3v) is 5.76. The highest BCUT2D eigenvalue weighted by molar-refractivity contribution is 5.83. The van der Waals surface area contributed by atoms with Gasteiger partial charge in [0.1, 0.15) is 11.6 Å². The van der Waals surface area contributed by atoms with E-state index in [9.17, 15) is 14.7 Å². The van der Waals surface area contributed by atoms with Crippen molar-refractivity contribution in [2.24, 2.45) is 5.41 Å². The predicted molar refractivity (Wildman–Crippen MR) is 116 cm³/mol. The first kappa shape index (κ1) is 24.4. The number of hydrogen-bond acceptors (Lipinski definition) is 6. The Morgan fingerprint density at radius 2 is 1.84 bits per heavy atom. The highest BCUT2D eigenvalue weighted by Gasteiger charge is 2.38. The van der Waals surface area contributed by atoms with Gasteiger partial charge in [-0.3, -0.25) is 0 Å². The molecular weight excluding hydrogens is 398 g/mol. The monoisotopic (exact) mass is 431 g/mol. The second-order valence-electron chi connectivity index (χ2n) is 8.67. The first-order valence-electron chi connectivity index (χ1n) is 10.7. The zero-order valence-corrected chi connectivity index (χ0v) is 19.0. The lowest BCUT2D eigenvalue weighted by atomic mass is 9.82. The summed E-state index contributed by atoms with van der Waals surface area (Å²) in [6.07, 6.45) is 1.44.